The Bertz CT molecular complexity index is 454. The second-order valence-corrected chi connectivity index (χ2v) is 6.76. The van der Waals surface area contributed by atoms with E-state index in [0.29, 0.717) is 11.8 Å². The molecule has 0 atom stereocenters. The van der Waals surface area contributed by atoms with Gasteiger partial charge in [-0.15, -0.1) is 0 Å². The van der Waals surface area contributed by atoms with Gasteiger partial charge in [0.1, 0.15) is 0 Å². The van der Waals surface area contributed by atoms with Gasteiger partial charge in [0, 0.05) is 18.7 Å². The van der Waals surface area contributed by atoms with Crippen LogP contribution >= 0.6 is 11.8 Å². The first kappa shape index (κ1) is 13.0. The Labute approximate surface area is 119 Å². The number of rotatable bonds is 2. The minimum atomic E-state index is 0.337. The van der Waals surface area contributed by atoms with Crippen molar-refractivity contribution in [2.24, 2.45) is 5.92 Å². The summed E-state index contributed by atoms with van der Waals surface area (Å²) in [5.74, 6) is 3.41. The molecule has 1 saturated heterocycles. The Hall–Kier alpha value is -0.960. The Morgan fingerprint density at radius 2 is 2.05 bits per heavy atom. The fourth-order valence-electron chi connectivity index (χ4n) is 3.10. The minimum Gasteiger partial charge on any atom is -0.312 e. The number of hydrogen-bond donors (Lipinski definition) is 0. The van der Waals surface area contributed by atoms with Crippen LogP contribution in [0.5, 0.6) is 0 Å². The van der Waals surface area contributed by atoms with Crippen LogP contribution < -0.4 is 4.90 Å². The third kappa shape index (κ3) is 2.97. The molecule has 0 spiro atoms. The first-order valence-electron chi connectivity index (χ1n) is 7.30. The summed E-state index contributed by atoms with van der Waals surface area (Å²) in [6.45, 7) is 0.900. The van der Waals surface area contributed by atoms with Gasteiger partial charge in [-0.3, -0.25) is 4.79 Å². The average molecular weight is 275 g/mol. The Balaban J connectivity index is 1.70. The molecule has 1 fully saturated rings. The fraction of sp³-hybridized carbons (Fsp3) is 0.562. The van der Waals surface area contributed by atoms with Gasteiger partial charge in [0.25, 0.3) is 0 Å². The van der Waals surface area contributed by atoms with Crippen molar-refractivity contribution >= 4 is 23.4 Å². The molecule has 0 unspecified atom stereocenters. The number of para-hydroxylation sites is 1. The molecule has 2 aliphatic rings. The van der Waals surface area contributed by atoms with Gasteiger partial charge in [-0.25, -0.2) is 0 Å². The lowest BCUT2D eigenvalue weighted by Gasteiger charge is -2.31. The molecule has 2 nitrogen and oxygen atoms in total. The van der Waals surface area contributed by atoms with E-state index >= 15 is 0 Å². The minimum absolute atomic E-state index is 0.337. The predicted molar refractivity (Wildman–Crippen MR) is 81.8 cm³/mol. The van der Waals surface area contributed by atoms with Gasteiger partial charge in [-0.2, -0.15) is 11.8 Å². The topological polar surface area (TPSA) is 20.3 Å². The summed E-state index contributed by atoms with van der Waals surface area (Å²) in [6.07, 6.45) is 5.38. The molecule has 1 aromatic carbocycles. The molecule has 2 aliphatic heterocycles. The second-order valence-electron chi connectivity index (χ2n) is 5.54. The number of fused-ring (bicyclic) bond motifs is 1. The molecule has 1 amide bonds. The van der Waals surface area contributed by atoms with Crippen LogP contribution in [-0.2, 0) is 11.2 Å². The third-order valence-corrected chi connectivity index (χ3v) is 5.26. The molecular formula is C16H21NOS. The molecule has 0 N–H and O–H groups in total. The van der Waals surface area contributed by atoms with E-state index in [4.69, 9.17) is 0 Å². The van der Waals surface area contributed by atoms with Gasteiger partial charge >= 0.3 is 0 Å². The highest BCUT2D eigenvalue weighted by atomic mass is 32.2. The highest BCUT2D eigenvalue weighted by Gasteiger charge is 2.25. The normalized spacial score (nSPS) is 20.1. The number of benzene rings is 1. The zero-order chi connectivity index (χ0) is 13.1. The van der Waals surface area contributed by atoms with Gasteiger partial charge < -0.3 is 4.90 Å². The molecule has 0 bridgehead atoms. The monoisotopic (exact) mass is 275 g/mol. The van der Waals surface area contributed by atoms with Crippen LogP contribution in [0.1, 0.15) is 31.2 Å². The number of aryl methyl sites for hydroxylation is 1. The summed E-state index contributed by atoms with van der Waals surface area (Å²) in [5.41, 5.74) is 2.49. The zero-order valence-corrected chi connectivity index (χ0v) is 12.1. The molecule has 102 valence electrons. The number of nitrogens with zero attached hydrogens (tertiary/aromatic N) is 1. The summed E-state index contributed by atoms with van der Waals surface area (Å²) in [5, 5.41) is 0. The lowest BCUT2D eigenvalue weighted by molar-refractivity contribution is -0.119. The van der Waals surface area contributed by atoms with Crippen LogP contribution in [0.15, 0.2) is 24.3 Å². The highest BCUT2D eigenvalue weighted by Crippen LogP contribution is 2.30. The van der Waals surface area contributed by atoms with Crippen molar-refractivity contribution < 1.29 is 4.79 Å². The molecule has 0 saturated carbocycles. The molecule has 3 rings (SSSR count). The van der Waals surface area contributed by atoms with Crippen LogP contribution in [0.3, 0.4) is 0 Å². The van der Waals surface area contributed by atoms with E-state index in [9.17, 15) is 4.79 Å². The predicted octanol–water partition coefficient (Wildman–Crippen LogP) is 3.50. The van der Waals surface area contributed by atoms with Gasteiger partial charge in [0.15, 0.2) is 0 Å². The first-order chi connectivity index (χ1) is 9.34. The standard InChI is InChI=1S/C16H21NOS/c18-16(12-13-7-10-19-11-8-13)17-9-3-5-14-4-1-2-6-15(14)17/h1-2,4,6,13H,3,5,7-12H2. The van der Waals surface area contributed by atoms with Crippen LogP contribution in [0.25, 0.3) is 0 Å². The lowest BCUT2D eigenvalue weighted by Crippen LogP contribution is -2.36. The molecule has 1 aromatic rings. The molecule has 19 heavy (non-hydrogen) atoms. The van der Waals surface area contributed by atoms with Crippen molar-refractivity contribution in [3.8, 4) is 0 Å². The van der Waals surface area contributed by atoms with Crippen LogP contribution in [0, 0.1) is 5.92 Å². The smallest absolute Gasteiger partial charge is 0.227 e. The van der Waals surface area contributed by atoms with Crippen LogP contribution in [-0.4, -0.2) is 24.0 Å². The van der Waals surface area contributed by atoms with E-state index in [2.05, 4.69) is 18.2 Å². The molecule has 0 aliphatic carbocycles. The lowest BCUT2D eigenvalue weighted by atomic mass is 9.96. The van der Waals surface area contributed by atoms with Crippen LogP contribution in [0.2, 0.25) is 0 Å². The zero-order valence-electron chi connectivity index (χ0n) is 11.3. The number of carbonyl (C=O) groups excluding carboxylic acids is 1. The average Bonchev–Trinajstić information content (AvgIpc) is 2.47. The van der Waals surface area contributed by atoms with E-state index in [1.165, 1.54) is 29.9 Å². The fourth-order valence-corrected chi connectivity index (χ4v) is 4.30. The maximum Gasteiger partial charge on any atom is 0.227 e. The maximum absolute atomic E-state index is 12.5. The van der Waals surface area contributed by atoms with Crippen molar-refractivity contribution in [2.75, 3.05) is 23.0 Å². The number of anilines is 1. The second kappa shape index (κ2) is 6.00. The molecular weight excluding hydrogens is 254 g/mol. The summed E-state index contributed by atoms with van der Waals surface area (Å²) < 4.78 is 0. The van der Waals surface area contributed by atoms with Gasteiger partial charge in [-0.05, 0) is 54.7 Å². The molecule has 3 heteroatoms. The van der Waals surface area contributed by atoms with Crippen molar-refractivity contribution in [3.05, 3.63) is 29.8 Å². The quantitative estimate of drug-likeness (QED) is 0.823. The van der Waals surface area contributed by atoms with E-state index in [-0.39, 0.29) is 0 Å². The van der Waals surface area contributed by atoms with Crippen LogP contribution in [0.4, 0.5) is 5.69 Å². The van der Waals surface area contributed by atoms with Crippen molar-refractivity contribution in [1.82, 2.24) is 0 Å². The van der Waals surface area contributed by atoms with Gasteiger partial charge in [0.2, 0.25) is 5.91 Å². The summed E-state index contributed by atoms with van der Waals surface area (Å²) in [4.78, 5) is 14.6. The molecule has 0 radical (unpaired) electrons. The summed E-state index contributed by atoms with van der Waals surface area (Å²) in [7, 11) is 0. The van der Waals surface area contributed by atoms with Crippen molar-refractivity contribution in [2.45, 2.75) is 32.1 Å². The molecule has 0 aromatic heterocycles. The van der Waals surface area contributed by atoms with Crippen molar-refractivity contribution in [1.29, 1.82) is 0 Å². The highest BCUT2D eigenvalue weighted by molar-refractivity contribution is 7.99. The number of carbonyl (C=O) groups is 1. The van der Waals surface area contributed by atoms with E-state index in [0.717, 1.165) is 31.5 Å². The SMILES string of the molecule is O=C(CC1CCSCC1)N1CCCc2ccccc21. The van der Waals surface area contributed by atoms with E-state index in [1.807, 2.05) is 22.7 Å². The van der Waals surface area contributed by atoms with Crippen molar-refractivity contribution in [3.63, 3.8) is 0 Å². The van der Waals surface area contributed by atoms with Gasteiger partial charge in [0.05, 0.1) is 0 Å². The first-order valence-corrected chi connectivity index (χ1v) is 8.46. The Kier molecular flexibility index (Phi) is 4.12. The number of hydrogen-bond acceptors (Lipinski definition) is 2. The largest absolute Gasteiger partial charge is 0.312 e. The molecule has 2 heterocycles. The Morgan fingerprint density at radius 1 is 1.26 bits per heavy atom. The van der Waals surface area contributed by atoms with Gasteiger partial charge in [-0.1, -0.05) is 18.2 Å². The summed E-state index contributed by atoms with van der Waals surface area (Å²) in [6, 6.07) is 8.38. The van der Waals surface area contributed by atoms with E-state index < -0.39 is 0 Å². The Morgan fingerprint density at radius 3 is 2.89 bits per heavy atom. The van der Waals surface area contributed by atoms with E-state index in [1.54, 1.807) is 0 Å². The summed E-state index contributed by atoms with van der Waals surface area (Å²) >= 11 is 2.02. The third-order valence-electron chi connectivity index (χ3n) is 4.22. The number of thioether (sulfide) groups is 1. The number of amides is 1. The maximum atomic E-state index is 12.5.